The lowest BCUT2D eigenvalue weighted by atomic mass is 9.98. The van der Waals surface area contributed by atoms with E-state index in [0.717, 1.165) is 10.0 Å². The number of rotatable bonds is 6. The third kappa shape index (κ3) is 4.46. The Balaban J connectivity index is 1.89. The fraction of sp³-hybridized carbons (Fsp3) is 0.0909. The van der Waals surface area contributed by atoms with Crippen LogP contribution in [0.4, 0.5) is 15.8 Å². The van der Waals surface area contributed by atoms with E-state index in [1.165, 1.54) is 12.1 Å². The summed E-state index contributed by atoms with van der Waals surface area (Å²) in [6.07, 6.45) is 0.0497. The van der Waals surface area contributed by atoms with Crippen molar-refractivity contribution >= 4 is 39.0 Å². The van der Waals surface area contributed by atoms with Gasteiger partial charge >= 0.3 is 0 Å². The average molecular weight is 441 g/mol. The molecule has 3 aromatic carbocycles. The Hall–Kier alpha value is -2.99. The van der Waals surface area contributed by atoms with Gasteiger partial charge in [0.05, 0.1) is 12.0 Å². The number of halogens is 2. The lowest BCUT2D eigenvalue weighted by Crippen LogP contribution is -2.14. The first-order valence-electron chi connectivity index (χ1n) is 8.59. The van der Waals surface area contributed by atoms with Gasteiger partial charge in [-0.1, -0.05) is 40.2 Å². The molecule has 3 aromatic rings. The molecule has 0 heterocycles. The Kier molecular flexibility index (Phi) is 5.90. The summed E-state index contributed by atoms with van der Waals surface area (Å²) in [7, 11) is 0. The summed E-state index contributed by atoms with van der Waals surface area (Å²) in [5.74, 6) is -1.45. The van der Waals surface area contributed by atoms with E-state index in [4.69, 9.17) is 5.73 Å². The number of amides is 1. The van der Waals surface area contributed by atoms with Crippen molar-refractivity contribution in [2.24, 2.45) is 5.73 Å². The fourth-order valence-electron chi connectivity index (χ4n) is 2.92. The predicted molar refractivity (Wildman–Crippen MR) is 111 cm³/mol. The van der Waals surface area contributed by atoms with E-state index in [9.17, 15) is 14.0 Å². The van der Waals surface area contributed by atoms with Crippen molar-refractivity contribution in [2.75, 3.05) is 5.32 Å². The molecule has 6 heteroatoms. The molecule has 28 heavy (non-hydrogen) atoms. The van der Waals surface area contributed by atoms with Crippen molar-refractivity contribution in [2.45, 2.75) is 13.3 Å². The summed E-state index contributed by atoms with van der Waals surface area (Å²) < 4.78 is 15.5. The number of carbonyl (C=O) groups excluding carboxylic acids is 2. The Morgan fingerprint density at radius 3 is 2.46 bits per heavy atom. The van der Waals surface area contributed by atoms with Crippen LogP contribution in [-0.2, 0) is 11.2 Å². The highest BCUT2D eigenvalue weighted by Gasteiger charge is 2.16. The molecule has 4 nitrogen and oxygen atoms in total. The molecule has 3 N–H and O–H groups in total. The molecule has 0 saturated heterocycles. The number of hydrogen-bond acceptors (Lipinski definition) is 3. The van der Waals surface area contributed by atoms with E-state index in [-0.39, 0.29) is 17.8 Å². The van der Waals surface area contributed by atoms with Crippen molar-refractivity contribution < 1.29 is 14.0 Å². The molecular weight excluding hydrogens is 423 g/mol. The Morgan fingerprint density at radius 1 is 1.04 bits per heavy atom. The number of primary amides is 1. The topological polar surface area (TPSA) is 72.2 Å². The molecule has 0 bridgehead atoms. The number of benzene rings is 3. The standard InChI is InChI=1S/C22H18BrFN2O2/c1-13-4-2-3-5-17(13)22(28)18-8-7-16(12-19(18)24)26-20-9-6-15(23)10-14(20)11-21(25)27/h2-10,12,26H,11H2,1H3,(H2,25,27). The first kappa shape index (κ1) is 19.8. The highest BCUT2D eigenvalue weighted by Crippen LogP contribution is 2.27. The maximum atomic E-state index is 14.7. The van der Waals surface area contributed by atoms with E-state index in [1.807, 2.05) is 19.1 Å². The zero-order chi connectivity index (χ0) is 20.3. The minimum atomic E-state index is -0.619. The summed E-state index contributed by atoms with van der Waals surface area (Å²) in [5.41, 5.74) is 8.36. The van der Waals surface area contributed by atoms with Crippen molar-refractivity contribution in [1.82, 2.24) is 0 Å². The molecule has 0 aliphatic rings. The van der Waals surface area contributed by atoms with Gasteiger partial charge in [-0.3, -0.25) is 9.59 Å². The van der Waals surface area contributed by atoms with Crippen LogP contribution in [0.5, 0.6) is 0 Å². The monoisotopic (exact) mass is 440 g/mol. The van der Waals surface area contributed by atoms with Crippen LogP contribution in [-0.4, -0.2) is 11.7 Å². The van der Waals surface area contributed by atoms with E-state index >= 15 is 0 Å². The van der Waals surface area contributed by atoms with Crippen LogP contribution in [0, 0.1) is 12.7 Å². The van der Waals surface area contributed by atoms with Gasteiger partial charge in [-0.2, -0.15) is 0 Å². The van der Waals surface area contributed by atoms with Gasteiger partial charge in [0.2, 0.25) is 5.91 Å². The van der Waals surface area contributed by atoms with Crippen LogP contribution in [0.25, 0.3) is 0 Å². The minimum Gasteiger partial charge on any atom is -0.369 e. The molecule has 142 valence electrons. The molecule has 0 aromatic heterocycles. The molecule has 0 radical (unpaired) electrons. The smallest absolute Gasteiger partial charge is 0.221 e. The van der Waals surface area contributed by atoms with Crippen molar-refractivity contribution in [3.05, 3.63) is 93.2 Å². The number of nitrogens with two attached hydrogens (primary N) is 1. The normalized spacial score (nSPS) is 10.5. The van der Waals surface area contributed by atoms with Gasteiger partial charge in [0, 0.05) is 21.4 Å². The number of nitrogens with one attached hydrogen (secondary N) is 1. The zero-order valence-electron chi connectivity index (χ0n) is 15.1. The molecule has 0 aliphatic carbocycles. The second-order valence-corrected chi connectivity index (χ2v) is 7.32. The molecule has 0 aliphatic heterocycles. The molecule has 0 spiro atoms. The van der Waals surface area contributed by atoms with Crippen molar-refractivity contribution in [1.29, 1.82) is 0 Å². The van der Waals surface area contributed by atoms with Crippen LogP contribution in [0.1, 0.15) is 27.0 Å². The summed E-state index contributed by atoms with van der Waals surface area (Å²) in [4.78, 5) is 24.0. The zero-order valence-corrected chi connectivity index (χ0v) is 16.7. The summed E-state index contributed by atoms with van der Waals surface area (Å²) in [6.45, 7) is 1.81. The number of ketones is 1. The quantitative estimate of drug-likeness (QED) is 0.535. The van der Waals surface area contributed by atoms with E-state index in [2.05, 4.69) is 21.2 Å². The molecule has 1 amide bonds. The minimum absolute atomic E-state index is 0.00742. The number of aryl methyl sites for hydroxylation is 1. The van der Waals surface area contributed by atoms with E-state index < -0.39 is 11.7 Å². The third-order valence-electron chi connectivity index (χ3n) is 4.31. The maximum Gasteiger partial charge on any atom is 0.221 e. The fourth-order valence-corrected chi connectivity index (χ4v) is 3.33. The largest absolute Gasteiger partial charge is 0.369 e. The van der Waals surface area contributed by atoms with Gasteiger partial charge in [-0.05, 0) is 54.4 Å². The van der Waals surface area contributed by atoms with Gasteiger partial charge in [0.25, 0.3) is 0 Å². The highest BCUT2D eigenvalue weighted by molar-refractivity contribution is 9.10. The lowest BCUT2D eigenvalue weighted by molar-refractivity contribution is -0.117. The van der Waals surface area contributed by atoms with Gasteiger partial charge in [-0.15, -0.1) is 0 Å². The first-order chi connectivity index (χ1) is 13.3. The summed E-state index contributed by atoms with van der Waals surface area (Å²) in [5, 5.41) is 3.08. The average Bonchev–Trinajstić information content (AvgIpc) is 2.63. The molecule has 0 saturated carbocycles. The van der Waals surface area contributed by atoms with Crippen LogP contribution in [0.2, 0.25) is 0 Å². The van der Waals surface area contributed by atoms with Crippen LogP contribution in [0.3, 0.4) is 0 Å². The SMILES string of the molecule is Cc1ccccc1C(=O)c1ccc(Nc2ccc(Br)cc2CC(N)=O)cc1F. The Bertz CT molecular complexity index is 1070. The highest BCUT2D eigenvalue weighted by atomic mass is 79.9. The Labute approximate surface area is 170 Å². The second-order valence-electron chi connectivity index (χ2n) is 6.41. The van der Waals surface area contributed by atoms with Gasteiger partial charge in [0.1, 0.15) is 5.82 Å². The van der Waals surface area contributed by atoms with E-state index in [0.29, 0.717) is 22.5 Å². The molecule has 0 fully saturated rings. The number of carbonyl (C=O) groups is 2. The van der Waals surface area contributed by atoms with Crippen molar-refractivity contribution in [3.8, 4) is 0 Å². The first-order valence-corrected chi connectivity index (χ1v) is 9.38. The van der Waals surface area contributed by atoms with Crippen LogP contribution >= 0.6 is 15.9 Å². The van der Waals surface area contributed by atoms with Crippen molar-refractivity contribution in [3.63, 3.8) is 0 Å². The predicted octanol–water partition coefficient (Wildman–Crippen LogP) is 4.90. The Morgan fingerprint density at radius 2 is 1.79 bits per heavy atom. The third-order valence-corrected chi connectivity index (χ3v) is 4.81. The molecule has 0 unspecified atom stereocenters. The summed E-state index contributed by atoms with van der Waals surface area (Å²) in [6, 6.07) is 16.8. The van der Waals surface area contributed by atoms with E-state index in [1.54, 1.807) is 36.4 Å². The van der Waals surface area contributed by atoms with Gasteiger partial charge < -0.3 is 11.1 Å². The van der Waals surface area contributed by atoms with Gasteiger partial charge in [-0.25, -0.2) is 4.39 Å². The molecule has 0 atom stereocenters. The molecular formula is C22H18BrFN2O2. The summed E-state index contributed by atoms with van der Waals surface area (Å²) >= 11 is 3.36. The van der Waals surface area contributed by atoms with Crippen LogP contribution < -0.4 is 11.1 Å². The lowest BCUT2D eigenvalue weighted by Gasteiger charge is -2.13. The molecule has 3 rings (SSSR count). The van der Waals surface area contributed by atoms with Crippen LogP contribution in [0.15, 0.2) is 65.1 Å². The maximum absolute atomic E-state index is 14.7. The second kappa shape index (κ2) is 8.35. The number of hydrogen-bond donors (Lipinski definition) is 2. The van der Waals surface area contributed by atoms with Gasteiger partial charge in [0.15, 0.2) is 5.78 Å². The number of anilines is 2.